The molecule has 132 valence electrons. The molecule has 1 N–H and O–H groups in total. The first kappa shape index (κ1) is 16.6. The Kier molecular flexibility index (Phi) is 4.07. The second kappa shape index (κ2) is 6.14. The highest BCUT2D eigenvalue weighted by molar-refractivity contribution is 5.59. The Balaban J connectivity index is 1.78. The zero-order chi connectivity index (χ0) is 17.6. The molecule has 1 fully saturated rings. The van der Waals surface area contributed by atoms with Crippen LogP contribution >= 0.6 is 0 Å². The Labute approximate surface area is 149 Å². The van der Waals surface area contributed by atoms with Gasteiger partial charge in [-0.05, 0) is 47.6 Å². The first-order valence-electron chi connectivity index (χ1n) is 9.21. The lowest BCUT2D eigenvalue weighted by Crippen LogP contribution is -2.36. The molecule has 2 nitrogen and oxygen atoms in total. The van der Waals surface area contributed by atoms with Crippen LogP contribution in [0, 0.1) is 11.7 Å². The van der Waals surface area contributed by atoms with Crippen LogP contribution in [0.15, 0.2) is 42.5 Å². The molecule has 0 aliphatic carbocycles. The van der Waals surface area contributed by atoms with Crippen LogP contribution < -0.4 is 5.32 Å². The molecule has 4 rings (SSSR count). The van der Waals surface area contributed by atoms with Crippen LogP contribution in [0.25, 0.3) is 0 Å². The lowest BCUT2D eigenvalue weighted by atomic mass is 9.76. The Morgan fingerprint density at radius 2 is 1.96 bits per heavy atom. The van der Waals surface area contributed by atoms with Gasteiger partial charge in [-0.1, -0.05) is 45.0 Å². The van der Waals surface area contributed by atoms with Gasteiger partial charge < -0.3 is 10.1 Å². The van der Waals surface area contributed by atoms with Gasteiger partial charge in [0.25, 0.3) is 0 Å². The predicted molar refractivity (Wildman–Crippen MR) is 99.3 cm³/mol. The molecule has 0 unspecified atom stereocenters. The molecular formula is C22H26FNO. The molecule has 3 atom stereocenters. The molecule has 3 heteroatoms. The van der Waals surface area contributed by atoms with Crippen molar-refractivity contribution in [2.24, 2.45) is 5.92 Å². The summed E-state index contributed by atoms with van der Waals surface area (Å²) in [7, 11) is 0. The molecule has 2 aromatic rings. The molecule has 2 aliphatic rings. The Bertz CT molecular complexity index is 780. The number of anilines is 1. The fourth-order valence-corrected chi connectivity index (χ4v) is 4.17. The zero-order valence-corrected chi connectivity index (χ0v) is 15.2. The molecule has 0 radical (unpaired) electrons. The van der Waals surface area contributed by atoms with E-state index in [1.807, 2.05) is 6.07 Å². The molecule has 25 heavy (non-hydrogen) atoms. The number of nitrogens with one attached hydrogen (secondary N) is 1. The smallest absolute Gasteiger partial charge is 0.123 e. The van der Waals surface area contributed by atoms with E-state index >= 15 is 0 Å². The van der Waals surface area contributed by atoms with Crippen molar-refractivity contribution in [3.63, 3.8) is 0 Å². The largest absolute Gasteiger partial charge is 0.378 e. The van der Waals surface area contributed by atoms with Crippen LogP contribution in [-0.2, 0) is 10.2 Å². The van der Waals surface area contributed by atoms with Gasteiger partial charge in [0.2, 0.25) is 0 Å². The van der Waals surface area contributed by atoms with Gasteiger partial charge in [-0.3, -0.25) is 0 Å². The summed E-state index contributed by atoms with van der Waals surface area (Å²) in [5.41, 5.74) is 4.81. The number of ether oxygens (including phenoxy) is 1. The number of halogens is 1. The molecule has 0 spiro atoms. The van der Waals surface area contributed by atoms with Gasteiger partial charge in [0, 0.05) is 23.8 Å². The third-order valence-electron chi connectivity index (χ3n) is 5.54. The van der Waals surface area contributed by atoms with E-state index in [1.165, 1.54) is 17.2 Å². The summed E-state index contributed by atoms with van der Waals surface area (Å²) in [5, 5.41) is 3.67. The van der Waals surface area contributed by atoms with E-state index in [2.05, 4.69) is 44.3 Å². The van der Waals surface area contributed by atoms with Gasteiger partial charge in [-0.15, -0.1) is 0 Å². The molecule has 1 saturated heterocycles. The number of fused-ring (bicyclic) bond motifs is 3. The van der Waals surface area contributed by atoms with Crippen LogP contribution in [0.3, 0.4) is 0 Å². The van der Waals surface area contributed by atoms with Gasteiger partial charge in [0.05, 0.1) is 12.1 Å². The molecule has 2 heterocycles. The maximum absolute atomic E-state index is 13.8. The molecule has 2 aliphatic heterocycles. The molecule has 0 aromatic heterocycles. The maximum Gasteiger partial charge on any atom is 0.123 e. The number of hydrogen-bond donors (Lipinski definition) is 1. The van der Waals surface area contributed by atoms with E-state index in [9.17, 15) is 4.39 Å². The van der Waals surface area contributed by atoms with E-state index in [0.29, 0.717) is 5.92 Å². The summed E-state index contributed by atoms with van der Waals surface area (Å²) in [6.45, 7) is 7.51. The average molecular weight is 339 g/mol. The molecule has 0 saturated carbocycles. The fraction of sp³-hybridized carbons (Fsp3) is 0.455. The van der Waals surface area contributed by atoms with Crippen LogP contribution in [-0.4, -0.2) is 6.61 Å². The number of rotatable bonds is 1. The first-order chi connectivity index (χ1) is 11.9. The third kappa shape index (κ3) is 3.06. The lowest BCUT2D eigenvalue weighted by molar-refractivity contribution is -0.0382. The highest BCUT2D eigenvalue weighted by Crippen LogP contribution is 2.49. The van der Waals surface area contributed by atoms with Crippen LogP contribution in [0.2, 0.25) is 0 Å². The minimum Gasteiger partial charge on any atom is -0.378 e. The van der Waals surface area contributed by atoms with Crippen molar-refractivity contribution in [2.45, 2.75) is 51.2 Å². The molecule has 0 amide bonds. The number of hydrogen-bond acceptors (Lipinski definition) is 2. The zero-order valence-electron chi connectivity index (χ0n) is 15.2. The van der Waals surface area contributed by atoms with E-state index in [1.54, 1.807) is 12.1 Å². The van der Waals surface area contributed by atoms with Gasteiger partial charge in [0.1, 0.15) is 5.82 Å². The Hall–Kier alpha value is -1.87. The minimum absolute atomic E-state index is 0.0839. The van der Waals surface area contributed by atoms with E-state index < -0.39 is 0 Å². The van der Waals surface area contributed by atoms with Gasteiger partial charge >= 0.3 is 0 Å². The van der Waals surface area contributed by atoms with Crippen molar-refractivity contribution in [3.8, 4) is 0 Å². The van der Waals surface area contributed by atoms with E-state index in [-0.39, 0.29) is 23.4 Å². The van der Waals surface area contributed by atoms with Gasteiger partial charge in [-0.25, -0.2) is 4.39 Å². The van der Waals surface area contributed by atoms with Crippen molar-refractivity contribution in [3.05, 3.63) is 65.0 Å². The predicted octanol–water partition coefficient (Wildman–Crippen LogP) is 5.76. The van der Waals surface area contributed by atoms with Crippen molar-refractivity contribution in [1.29, 1.82) is 0 Å². The summed E-state index contributed by atoms with van der Waals surface area (Å²) in [4.78, 5) is 0. The fourth-order valence-electron chi connectivity index (χ4n) is 4.17. The average Bonchev–Trinajstić information content (AvgIpc) is 2.60. The summed E-state index contributed by atoms with van der Waals surface area (Å²) >= 11 is 0. The summed E-state index contributed by atoms with van der Waals surface area (Å²) in [6, 6.07) is 13.7. The summed E-state index contributed by atoms with van der Waals surface area (Å²) in [5.74, 6) is 0.153. The van der Waals surface area contributed by atoms with Gasteiger partial charge in [0.15, 0.2) is 0 Å². The quantitative estimate of drug-likeness (QED) is 0.713. The molecular weight excluding hydrogens is 313 g/mol. The summed E-state index contributed by atoms with van der Waals surface area (Å²) in [6.07, 6.45) is 2.24. The van der Waals surface area contributed by atoms with Crippen molar-refractivity contribution < 1.29 is 9.13 Å². The second-order valence-corrected chi connectivity index (χ2v) is 8.33. The number of benzene rings is 2. The topological polar surface area (TPSA) is 21.3 Å². The third-order valence-corrected chi connectivity index (χ3v) is 5.54. The Morgan fingerprint density at radius 1 is 1.12 bits per heavy atom. The minimum atomic E-state index is -0.179. The first-order valence-corrected chi connectivity index (χ1v) is 9.21. The summed E-state index contributed by atoms with van der Waals surface area (Å²) < 4.78 is 20.0. The molecule has 2 aromatic carbocycles. The molecule has 0 bridgehead atoms. The maximum atomic E-state index is 13.8. The standard InChI is InChI=1S/C22H26FNO/c1-22(2,3)15-9-10-19-18(13-15)21-17(8-5-11-25-21)20(24-19)14-6-4-7-16(23)12-14/h4,6-7,9-10,12-13,17,20-21,24H,5,8,11H2,1-3H3/t17-,20-,21-/m1/s1. The van der Waals surface area contributed by atoms with Gasteiger partial charge in [-0.2, -0.15) is 0 Å². The van der Waals surface area contributed by atoms with Crippen LogP contribution in [0.4, 0.5) is 10.1 Å². The monoisotopic (exact) mass is 339 g/mol. The SMILES string of the molecule is CC(C)(C)c1ccc2c(c1)[C@@H]1OCCC[C@@H]1[C@@H](c1cccc(F)c1)N2. The van der Waals surface area contributed by atoms with Crippen molar-refractivity contribution in [1.82, 2.24) is 0 Å². The van der Waals surface area contributed by atoms with Crippen molar-refractivity contribution >= 4 is 5.69 Å². The van der Waals surface area contributed by atoms with E-state index in [0.717, 1.165) is 30.7 Å². The highest BCUT2D eigenvalue weighted by Gasteiger charge is 2.40. The van der Waals surface area contributed by atoms with Crippen LogP contribution in [0.5, 0.6) is 0 Å². The normalized spacial score (nSPS) is 25.7. The van der Waals surface area contributed by atoms with Crippen LogP contribution in [0.1, 0.15) is 62.4 Å². The van der Waals surface area contributed by atoms with Crippen molar-refractivity contribution in [2.75, 3.05) is 11.9 Å². The highest BCUT2D eigenvalue weighted by atomic mass is 19.1. The lowest BCUT2D eigenvalue weighted by Gasteiger charge is -2.44. The van der Waals surface area contributed by atoms with E-state index in [4.69, 9.17) is 4.74 Å². The Morgan fingerprint density at radius 3 is 2.72 bits per heavy atom. The second-order valence-electron chi connectivity index (χ2n) is 8.33.